The highest BCUT2D eigenvalue weighted by Gasteiger charge is 2.30. The Morgan fingerprint density at radius 3 is 1.83 bits per heavy atom. The van der Waals surface area contributed by atoms with E-state index < -0.39 is 16.9 Å². The normalized spacial score (nSPS) is 20.3. The van der Waals surface area contributed by atoms with Crippen LogP contribution < -0.4 is 0 Å². The molecule has 0 radical (unpaired) electrons. The number of hydrogen-bond donors (Lipinski definition) is 2. The zero-order valence-corrected chi connectivity index (χ0v) is 19.3. The molecule has 4 rings (SSSR count). The Balaban J connectivity index is 0.000000509. The number of nitro groups is 1. The Kier molecular flexibility index (Phi) is 8.91. The molecule has 0 spiro atoms. The molecule has 1 aliphatic heterocycles. The molecule has 35 heavy (non-hydrogen) atoms. The number of carboxylic acids is 2. The number of non-ortho nitro benzene ring substituents is 1. The lowest BCUT2D eigenvalue weighted by Crippen LogP contribution is -2.52. The van der Waals surface area contributed by atoms with E-state index in [0.29, 0.717) is 30.6 Å². The first-order valence-electron chi connectivity index (χ1n) is 11.5. The van der Waals surface area contributed by atoms with Crippen LogP contribution in [0.2, 0.25) is 0 Å². The number of carbonyl (C=O) groups excluding carboxylic acids is 1. The second kappa shape index (κ2) is 12.1. The van der Waals surface area contributed by atoms with Crippen LogP contribution in [0.5, 0.6) is 0 Å². The van der Waals surface area contributed by atoms with Gasteiger partial charge in [-0.05, 0) is 49.3 Å². The molecule has 186 valence electrons. The highest BCUT2D eigenvalue weighted by molar-refractivity contribution is 6.27. The summed E-state index contributed by atoms with van der Waals surface area (Å²) in [6.45, 7) is 3.24. The monoisotopic (exact) mass is 483 g/mol. The number of hydrogen-bond acceptors (Lipinski definition) is 6. The largest absolute Gasteiger partial charge is 0.473 e. The molecule has 2 aromatic rings. The average Bonchev–Trinajstić information content (AvgIpc) is 2.89. The molecule has 1 heterocycles. The zero-order chi connectivity index (χ0) is 25.4. The number of piperazine rings is 1. The summed E-state index contributed by atoms with van der Waals surface area (Å²) >= 11 is 0. The minimum Gasteiger partial charge on any atom is -0.473 e. The number of rotatable bonds is 4. The van der Waals surface area contributed by atoms with Crippen LogP contribution in [0.1, 0.15) is 47.5 Å². The predicted octanol–water partition coefficient (Wildman–Crippen LogP) is 3.23. The Morgan fingerprint density at radius 1 is 0.800 bits per heavy atom. The third kappa shape index (κ3) is 7.10. The summed E-state index contributed by atoms with van der Waals surface area (Å²) < 4.78 is 0. The smallest absolute Gasteiger partial charge is 0.414 e. The predicted molar refractivity (Wildman–Crippen MR) is 127 cm³/mol. The molecule has 0 unspecified atom stereocenters. The van der Waals surface area contributed by atoms with Crippen molar-refractivity contribution in [1.82, 2.24) is 9.80 Å². The van der Waals surface area contributed by atoms with Crippen molar-refractivity contribution in [1.29, 1.82) is 0 Å². The lowest BCUT2D eigenvalue weighted by atomic mass is 9.81. The summed E-state index contributed by atoms with van der Waals surface area (Å²) in [4.78, 5) is 45.6. The number of nitrogens with zero attached hydrogens (tertiary/aromatic N) is 3. The van der Waals surface area contributed by atoms with Crippen LogP contribution in [0.4, 0.5) is 5.69 Å². The van der Waals surface area contributed by atoms with Crippen LogP contribution in [-0.4, -0.2) is 75.0 Å². The Labute approximate surface area is 202 Å². The molecule has 10 heteroatoms. The number of benzene rings is 2. The van der Waals surface area contributed by atoms with Gasteiger partial charge in [0.1, 0.15) is 0 Å². The maximum Gasteiger partial charge on any atom is 0.414 e. The van der Waals surface area contributed by atoms with E-state index in [1.165, 1.54) is 43.4 Å². The molecule has 10 nitrogen and oxygen atoms in total. The molecule has 0 bridgehead atoms. The Bertz CT molecular complexity index is 1010. The van der Waals surface area contributed by atoms with E-state index in [1.807, 2.05) is 4.90 Å². The molecule has 1 aliphatic carbocycles. The van der Waals surface area contributed by atoms with Crippen LogP contribution in [0.25, 0.3) is 0 Å². The second-order valence-electron chi connectivity index (χ2n) is 8.66. The highest BCUT2D eigenvalue weighted by Crippen LogP contribution is 2.35. The van der Waals surface area contributed by atoms with Gasteiger partial charge in [-0.2, -0.15) is 0 Å². The fourth-order valence-corrected chi connectivity index (χ4v) is 4.70. The maximum absolute atomic E-state index is 12.7. The van der Waals surface area contributed by atoms with Gasteiger partial charge in [0, 0.05) is 49.9 Å². The van der Waals surface area contributed by atoms with Crippen LogP contribution in [0.3, 0.4) is 0 Å². The molecule has 0 atom stereocenters. The topological polar surface area (TPSA) is 141 Å². The van der Waals surface area contributed by atoms with Gasteiger partial charge in [0.25, 0.3) is 11.6 Å². The van der Waals surface area contributed by atoms with Gasteiger partial charge in [-0.15, -0.1) is 0 Å². The van der Waals surface area contributed by atoms with Crippen LogP contribution in [-0.2, 0) is 9.59 Å². The van der Waals surface area contributed by atoms with Gasteiger partial charge >= 0.3 is 11.9 Å². The summed E-state index contributed by atoms with van der Waals surface area (Å²) in [6, 6.07) is 17.3. The fourth-order valence-electron chi connectivity index (χ4n) is 4.70. The molecular weight excluding hydrogens is 454 g/mol. The lowest BCUT2D eigenvalue weighted by molar-refractivity contribution is -0.384. The number of nitro benzene ring substituents is 1. The summed E-state index contributed by atoms with van der Waals surface area (Å²) in [5, 5.41) is 25.6. The SMILES string of the molecule is O=C(O)C(=O)O.O=C(c1ccc([N+](=O)[O-])cc1)N1CCN(C2CCC(c3ccccc3)CC2)CC1. The van der Waals surface area contributed by atoms with Crippen molar-refractivity contribution in [3.63, 3.8) is 0 Å². The van der Waals surface area contributed by atoms with E-state index in [2.05, 4.69) is 35.2 Å². The Morgan fingerprint density at radius 2 is 1.34 bits per heavy atom. The molecule has 1 saturated heterocycles. The van der Waals surface area contributed by atoms with Crippen molar-refractivity contribution in [2.75, 3.05) is 26.2 Å². The van der Waals surface area contributed by atoms with Crippen LogP contribution in [0.15, 0.2) is 54.6 Å². The van der Waals surface area contributed by atoms with Crippen molar-refractivity contribution in [2.45, 2.75) is 37.6 Å². The number of carboxylic acid groups (broad SMARTS) is 2. The third-order valence-electron chi connectivity index (χ3n) is 6.59. The molecule has 2 aromatic carbocycles. The van der Waals surface area contributed by atoms with Gasteiger partial charge < -0.3 is 15.1 Å². The summed E-state index contributed by atoms with van der Waals surface area (Å²) in [5.41, 5.74) is 1.99. The summed E-state index contributed by atoms with van der Waals surface area (Å²) in [7, 11) is 0. The van der Waals surface area contributed by atoms with Gasteiger partial charge in [-0.25, -0.2) is 9.59 Å². The molecule has 2 aliphatic rings. The molecule has 2 N–H and O–H groups in total. The third-order valence-corrected chi connectivity index (χ3v) is 6.59. The number of aliphatic carboxylic acids is 2. The second-order valence-corrected chi connectivity index (χ2v) is 8.66. The van der Waals surface area contributed by atoms with E-state index in [1.54, 1.807) is 12.1 Å². The van der Waals surface area contributed by atoms with E-state index >= 15 is 0 Å². The van der Waals surface area contributed by atoms with Crippen molar-refractivity contribution in [3.05, 3.63) is 75.8 Å². The minimum atomic E-state index is -1.82. The zero-order valence-electron chi connectivity index (χ0n) is 19.3. The van der Waals surface area contributed by atoms with E-state index in [-0.39, 0.29) is 11.6 Å². The first kappa shape index (κ1) is 25.8. The van der Waals surface area contributed by atoms with Crippen molar-refractivity contribution >= 4 is 23.5 Å². The first-order valence-corrected chi connectivity index (χ1v) is 11.5. The average molecular weight is 484 g/mol. The van der Waals surface area contributed by atoms with Crippen molar-refractivity contribution in [3.8, 4) is 0 Å². The standard InChI is InChI=1S/C23H27N3O3.C2H2O4/c27-23(20-8-12-22(13-9-20)26(28)29)25-16-14-24(15-17-25)21-10-6-19(7-11-21)18-4-2-1-3-5-18;3-1(4)2(5)6/h1-5,8-9,12-13,19,21H,6-7,10-11,14-17H2;(H,3,4)(H,5,6). The van der Waals surface area contributed by atoms with E-state index in [9.17, 15) is 14.9 Å². The first-order chi connectivity index (χ1) is 16.8. The van der Waals surface area contributed by atoms with Gasteiger partial charge in [-0.1, -0.05) is 30.3 Å². The Hall–Kier alpha value is -3.79. The molecule has 0 aromatic heterocycles. The summed E-state index contributed by atoms with van der Waals surface area (Å²) in [5.74, 6) is -3.00. The number of amides is 1. The molecular formula is C25H29N3O7. The van der Waals surface area contributed by atoms with Gasteiger partial charge in [0.05, 0.1) is 4.92 Å². The van der Waals surface area contributed by atoms with Crippen LogP contribution in [0, 0.1) is 10.1 Å². The fraction of sp³-hybridized carbons (Fsp3) is 0.400. The highest BCUT2D eigenvalue weighted by atomic mass is 16.6. The lowest BCUT2D eigenvalue weighted by Gasteiger charge is -2.42. The van der Waals surface area contributed by atoms with Gasteiger partial charge in [-0.3, -0.25) is 19.8 Å². The van der Waals surface area contributed by atoms with E-state index in [0.717, 1.165) is 13.1 Å². The van der Waals surface area contributed by atoms with E-state index in [4.69, 9.17) is 19.8 Å². The molecule has 1 saturated carbocycles. The molecule has 1 amide bonds. The quantitative estimate of drug-likeness (QED) is 0.384. The minimum absolute atomic E-state index is 0.0116. The van der Waals surface area contributed by atoms with Crippen molar-refractivity contribution in [2.24, 2.45) is 0 Å². The van der Waals surface area contributed by atoms with Gasteiger partial charge in [0.15, 0.2) is 0 Å². The maximum atomic E-state index is 12.7. The summed E-state index contributed by atoms with van der Waals surface area (Å²) in [6.07, 6.45) is 4.90. The molecule has 2 fully saturated rings. The van der Waals surface area contributed by atoms with Crippen LogP contribution >= 0.6 is 0 Å². The van der Waals surface area contributed by atoms with Crippen molar-refractivity contribution < 1.29 is 29.5 Å². The van der Waals surface area contributed by atoms with Gasteiger partial charge in [0.2, 0.25) is 0 Å². The number of carbonyl (C=O) groups is 3.